The van der Waals surface area contributed by atoms with Gasteiger partial charge in [-0.3, -0.25) is 4.79 Å². The molecular weight excluding hydrogens is 271 g/mol. The van der Waals surface area contributed by atoms with Gasteiger partial charge in [-0.1, -0.05) is 36.4 Å². The normalized spacial score (nSPS) is 10.4. The van der Waals surface area contributed by atoms with Crippen molar-refractivity contribution in [2.75, 3.05) is 11.9 Å². The van der Waals surface area contributed by atoms with Crippen LogP contribution >= 0.6 is 0 Å². The predicted octanol–water partition coefficient (Wildman–Crippen LogP) is 2.05. The maximum Gasteiger partial charge on any atom is 0.238 e. The van der Waals surface area contributed by atoms with Crippen LogP contribution in [0.3, 0.4) is 0 Å². The molecule has 0 fully saturated rings. The van der Waals surface area contributed by atoms with Crippen LogP contribution in [-0.4, -0.2) is 17.6 Å². The Kier molecular flexibility index (Phi) is 5.43. The van der Waals surface area contributed by atoms with Gasteiger partial charge in [0.25, 0.3) is 0 Å². The third kappa shape index (κ3) is 4.66. The van der Waals surface area contributed by atoms with Crippen LogP contribution in [-0.2, 0) is 17.9 Å². The lowest BCUT2D eigenvalue weighted by atomic mass is 10.1. The van der Waals surface area contributed by atoms with Crippen LogP contribution in [0.5, 0.6) is 0 Å². The third-order valence-corrected chi connectivity index (χ3v) is 2.94. The Morgan fingerprint density at radius 2 is 1.86 bits per heavy atom. The highest BCUT2D eigenvalue weighted by atomic mass is 19.1. The maximum atomic E-state index is 13.4. The van der Waals surface area contributed by atoms with Crippen LogP contribution in [0.15, 0.2) is 48.5 Å². The van der Waals surface area contributed by atoms with Crippen LogP contribution in [0, 0.1) is 5.82 Å². The molecule has 2 aromatic carbocycles. The molecule has 0 atom stereocenters. The van der Waals surface area contributed by atoms with Crippen molar-refractivity contribution < 1.29 is 14.3 Å². The van der Waals surface area contributed by atoms with Crippen molar-refractivity contribution in [1.29, 1.82) is 0 Å². The Balaban J connectivity index is 1.80. The predicted molar refractivity (Wildman–Crippen MR) is 79.1 cm³/mol. The molecule has 4 nitrogen and oxygen atoms in total. The molecule has 0 spiro atoms. The molecule has 110 valence electrons. The second-order valence-electron chi connectivity index (χ2n) is 4.61. The quantitative estimate of drug-likeness (QED) is 0.762. The highest BCUT2D eigenvalue weighted by Gasteiger charge is 2.05. The van der Waals surface area contributed by atoms with Gasteiger partial charge in [0, 0.05) is 6.54 Å². The van der Waals surface area contributed by atoms with E-state index >= 15 is 0 Å². The van der Waals surface area contributed by atoms with E-state index in [9.17, 15) is 9.18 Å². The Morgan fingerprint density at radius 3 is 2.62 bits per heavy atom. The molecule has 2 aromatic rings. The van der Waals surface area contributed by atoms with Crippen molar-refractivity contribution >= 4 is 11.6 Å². The summed E-state index contributed by atoms with van der Waals surface area (Å²) < 4.78 is 13.4. The third-order valence-electron chi connectivity index (χ3n) is 2.94. The molecule has 0 radical (unpaired) electrons. The van der Waals surface area contributed by atoms with Gasteiger partial charge in [-0.05, 0) is 23.3 Å². The number of anilines is 1. The smallest absolute Gasteiger partial charge is 0.238 e. The van der Waals surface area contributed by atoms with E-state index in [4.69, 9.17) is 5.11 Å². The molecule has 0 bridgehead atoms. The van der Waals surface area contributed by atoms with Crippen LogP contribution < -0.4 is 10.6 Å². The van der Waals surface area contributed by atoms with Gasteiger partial charge in [0.05, 0.1) is 18.8 Å². The van der Waals surface area contributed by atoms with E-state index in [0.29, 0.717) is 6.54 Å². The SMILES string of the molecule is O=C(CNCc1cccc(CO)c1)Nc1ccccc1F. The topological polar surface area (TPSA) is 61.4 Å². The number of carbonyl (C=O) groups is 1. The van der Waals surface area contributed by atoms with Gasteiger partial charge in [-0.25, -0.2) is 4.39 Å². The number of halogens is 1. The van der Waals surface area contributed by atoms with Crippen LogP contribution in [0.1, 0.15) is 11.1 Å². The van der Waals surface area contributed by atoms with E-state index in [1.807, 2.05) is 24.3 Å². The summed E-state index contributed by atoms with van der Waals surface area (Å²) in [4.78, 5) is 11.7. The van der Waals surface area contributed by atoms with E-state index in [0.717, 1.165) is 11.1 Å². The molecule has 0 saturated heterocycles. The number of aliphatic hydroxyl groups is 1. The first-order chi connectivity index (χ1) is 10.2. The summed E-state index contributed by atoms with van der Waals surface area (Å²) in [6.45, 7) is 0.567. The molecule has 0 aliphatic rings. The van der Waals surface area contributed by atoms with Crippen molar-refractivity contribution in [3.63, 3.8) is 0 Å². The number of hydrogen-bond donors (Lipinski definition) is 3. The zero-order chi connectivity index (χ0) is 15.1. The molecule has 0 heterocycles. The first-order valence-electron chi connectivity index (χ1n) is 6.63. The van der Waals surface area contributed by atoms with Gasteiger partial charge >= 0.3 is 0 Å². The van der Waals surface area contributed by atoms with E-state index in [-0.39, 0.29) is 24.7 Å². The second-order valence-corrected chi connectivity index (χ2v) is 4.61. The minimum atomic E-state index is -0.457. The minimum absolute atomic E-state index is 0.0123. The van der Waals surface area contributed by atoms with Gasteiger partial charge < -0.3 is 15.7 Å². The summed E-state index contributed by atoms with van der Waals surface area (Å²) in [6.07, 6.45) is 0. The van der Waals surface area contributed by atoms with E-state index in [2.05, 4.69) is 10.6 Å². The first kappa shape index (κ1) is 15.2. The summed E-state index contributed by atoms with van der Waals surface area (Å²) in [5, 5.41) is 14.5. The fourth-order valence-corrected chi connectivity index (χ4v) is 1.92. The highest BCUT2D eigenvalue weighted by Crippen LogP contribution is 2.11. The van der Waals surface area contributed by atoms with E-state index in [1.54, 1.807) is 12.1 Å². The summed E-state index contributed by atoms with van der Waals surface area (Å²) >= 11 is 0. The van der Waals surface area contributed by atoms with Crippen molar-refractivity contribution in [3.05, 3.63) is 65.5 Å². The lowest BCUT2D eigenvalue weighted by Crippen LogP contribution is -2.28. The van der Waals surface area contributed by atoms with Crippen LogP contribution in [0.2, 0.25) is 0 Å². The Morgan fingerprint density at radius 1 is 1.10 bits per heavy atom. The number of carbonyl (C=O) groups excluding carboxylic acids is 1. The molecule has 0 unspecified atom stereocenters. The molecule has 2 rings (SSSR count). The number of amides is 1. The molecule has 3 N–H and O–H groups in total. The largest absolute Gasteiger partial charge is 0.392 e. The van der Waals surface area contributed by atoms with Crippen molar-refractivity contribution in [3.8, 4) is 0 Å². The Hall–Kier alpha value is -2.24. The summed E-state index contributed by atoms with van der Waals surface area (Å²) in [5.41, 5.74) is 1.97. The van der Waals surface area contributed by atoms with Crippen molar-refractivity contribution in [2.45, 2.75) is 13.2 Å². The van der Waals surface area contributed by atoms with E-state index < -0.39 is 5.82 Å². The second kappa shape index (κ2) is 7.52. The average Bonchev–Trinajstić information content (AvgIpc) is 2.50. The van der Waals surface area contributed by atoms with Crippen LogP contribution in [0.4, 0.5) is 10.1 Å². The molecule has 0 aliphatic carbocycles. The molecule has 0 saturated carbocycles. The van der Waals surface area contributed by atoms with E-state index in [1.165, 1.54) is 12.1 Å². The first-order valence-corrected chi connectivity index (χ1v) is 6.63. The fourth-order valence-electron chi connectivity index (χ4n) is 1.92. The number of rotatable bonds is 6. The van der Waals surface area contributed by atoms with Gasteiger partial charge in [-0.2, -0.15) is 0 Å². The minimum Gasteiger partial charge on any atom is -0.392 e. The average molecular weight is 288 g/mol. The number of hydrogen-bond acceptors (Lipinski definition) is 3. The van der Waals surface area contributed by atoms with Gasteiger partial charge in [0.1, 0.15) is 5.82 Å². The van der Waals surface area contributed by atoms with Gasteiger partial charge in [0.15, 0.2) is 0 Å². The molecular formula is C16H17FN2O2. The highest BCUT2D eigenvalue weighted by molar-refractivity contribution is 5.92. The number of benzene rings is 2. The van der Waals surface area contributed by atoms with Crippen molar-refractivity contribution in [2.24, 2.45) is 0 Å². The molecule has 21 heavy (non-hydrogen) atoms. The van der Waals surface area contributed by atoms with Crippen molar-refractivity contribution in [1.82, 2.24) is 5.32 Å². The molecule has 0 aromatic heterocycles. The summed E-state index contributed by atoms with van der Waals surface area (Å²) in [7, 11) is 0. The number of aliphatic hydroxyl groups excluding tert-OH is 1. The maximum absolute atomic E-state index is 13.4. The van der Waals surface area contributed by atoms with Gasteiger partial charge in [-0.15, -0.1) is 0 Å². The zero-order valence-corrected chi connectivity index (χ0v) is 11.5. The zero-order valence-electron chi connectivity index (χ0n) is 11.5. The number of para-hydroxylation sites is 1. The lowest BCUT2D eigenvalue weighted by molar-refractivity contribution is -0.115. The lowest BCUT2D eigenvalue weighted by Gasteiger charge is -2.08. The monoisotopic (exact) mass is 288 g/mol. The summed E-state index contributed by atoms with van der Waals surface area (Å²) in [5.74, 6) is -0.764. The van der Waals surface area contributed by atoms with Gasteiger partial charge in [0.2, 0.25) is 5.91 Å². The molecule has 5 heteroatoms. The summed E-state index contributed by atoms with van der Waals surface area (Å²) in [6, 6.07) is 13.5. The Bertz CT molecular complexity index is 617. The molecule has 1 amide bonds. The number of nitrogens with one attached hydrogen (secondary N) is 2. The van der Waals surface area contributed by atoms with Crippen LogP contribution in [0.25, 0.3) is 0 Å². The standard InChI is InChI=1S/C16H17FN2O2/c17-14-6-1-2-7-15(14)19-16(21)10-18-9-12-4-3-5-13(8-12)11-20/h1-8,18,20H,9-11H2,(H,19,21). The molecule has 0 aliphatic heterocycles. The Labute approximate surface area is 122 Å². The fraction of sp³-hybridized carbons (Fsp3) is 0.188.